The Morgan fingerprint density at radius 1 is 1.32 bits per heavy atom. The van der Waals surface area contributed by atoms with Gasteiger partial charge in [-0.2, -0.15) is 0 Å². The Morgan fingerprint density at radius 3 is 2.80 bits per heavy atom. The van der Waals surface area contributed by atoms with Gasteiger partial charge >= 0.3 is 0 Å². The fourth-order valence-electron chi connectivity index (χ4n) is 4.58. The molecule has 0 aliphatic carbocycles. The van der Waals surface area contributed by atoms with Gasteiger partial charge < -0.3 is 15.5 Å². The summed E-state index contributed by atoms with van der Waals surface area (Å²) < 4.78 is 0. The van der Waals surface area contributed by atoms with Gasteiger partial charge in [0, 0.05) is 31.2 Å². The highest BCUT2D eigenvalue weighted by molar-refractivity contribution is 8.01. The van der Waals surface area contributed by atoms with E-state index in [-0.39, 0.29) is 34.6 Å². The van der Waals surface area contributed by atoms with E-state index in [1.54, 1.807) is 11.8 Å². The summed E-state index contributed by atoms with van der Waals surface area (Å²) in [6, 6.07) is 10.0. The summed E-state index contributed by atoms with van der Waals surface area (Å²) in [5.74, 6) is 1.50. The normalized spacial score (nSPS) is 34.6. The molecule has 4 atom stereocenters. The summed E-state index contributed by atoms with van der Waals surface area (Å²) in [6.45, 7) is 4.05. The van der Waals surface area contributed by atoms with E-state index in [0.717, 1.165) is 6.42 Å². The molecule has 0 aromatic heterocycles. The van der Waals surface area contributed by atoms with E-state index in [2.05, 4.69) is 19.1 Å². The molecule has 25 heavy (non-hydrogen) atoms. The minimum Gasteiger partial charge on any atom is -0.340 e. The molecule has 3 saturated heterocycles. The van der Waals surface area contributed by atoms with E-state index in [1.807, 2.05) is 28.0 Å². The number of benzene rings is 1. The lowest BCUT2D eigenvalue weighted by molar-refractivity contribution is -0.143. The summed E-state index contributed by atoms with van der Waals surface area (Å²) in [5.41, 5.74) is 7.25. The molecule has 2 amide bonds. The van der Waals surface area contributed by atoms with Gasteiger partial charge in [-0.15, -0.1) is 11.8 Å². The second-order valence-electron chi connectivity index (χ2n) is 7.52. The number of carbonyl (C=O) groups excluding carboxylic acids is 2. The maximum absolute atomic E-state index is 13.2. The number of hydrogen-bond acceptors (Lipinski definition) is 4. The Hall–Kier alpha value is -1.53. The Balaban J connectivity index is 1.53. The molecule has 0 saturated carbocycles. The van der Waals surface area contributed by atoms with E-state index in [0.29, 0.717) is 31.8 Å². The van der Waals surface area contributed by atoms with E-state index in [1.165, 1.54) is 5.56 Å². The number of nitrogens with two attached hydrogens (primary N) is 1. The molecule has 3 aliphatic heterocycles. The van der Waals surface area contributed by atoms with Crippen molar-refractivity contribution in [3.63, 3.8) is 0 Å². The number of hydrogen-bond donors (Lipinski definition) is 1. The fourth-order valence-corrected chi connectivity index (χ4v) is 6.01. The quantitative estimate of drug-likeness (QED) is 0.891. The first-order chi connectivity index (χ1) is 12.0. The smallest absolute Gasteiger partial charge is 0.246 e. The molecule has 5 nitrogen and oxygen atoms in total. The molecule has 0 radical (unpaired) electrons. The third-order valence-corrected chi connectivity index (χ3v) is 7.52. The fraction of sp³-hybridized carbons (Fsp3) is 0.579. The number of fused-ring (bicyclic) bond motifs is 1. The Bertz CT molecular complexity index is 683. The zero-order valence-electron chi connectivity index (χ0n) is 14.6. The lowest BCUT2D eigenvalue weighted by Gasteiger charge is -2.32. The van der Waals surface area contributed by atoms with Crippen LogP contribution in [0.4, 0.5) is 0 Å². The molecule has 3 fully saturated rings. The lowest BCUT2D eigenvalue weighted by Crippen LogP contribution is -2.51. The second kappa shape index (κ2) is 6.32. The van der Waals surface area contributed by atoms with Crippen molar-refractivity contribution in [2.75, 3.05) is 25.4 Å². The average molecular weight is 359 g/mol. The lowest BCUT2D eigenvalue weighted by atomic mass is 9.89. The van der Waals surface area contributed by atoms with E-state index in [4.69, 9.17) is 5.73 Å². The van der Waals surface area contributed by atoms with Crippen LogP contribution < -0.4 is 5.73 Å². The maximum atomic E-state index is 13.2. The van der Waals surface area contributed by atoms with Crippen molar-refractivity contribution in [2.45, 2.75) is 36.6 Å². The van der Waals surface area contributed by atoms with Crippen molar-refractivity contribution in [2.24, 2.45) is 11.7 Å². The Kier molecular flexibility index (Phi) is 4.28. The Labute approximate surface area is 152 Å². The van der Waals surface area contributed by atoms with Crippen LogP contribution in [0.15, 0.2) is 30.3 Å². The van der Waals surface area contributed by atoms with Crippen LogP contribution in [0.5, 0.6) is 0 Å². The van der Waals surface area contributed by atoms with Crippen LogP contribution in [0.3, 0.4) is 0 Å². The SMILES string of the molecule is CC12CCC(=O)N1C(C(=O)N1C[C@@H](CN)[C@H](c3ccccc3)C1)CS2. The summed E-state index contributed by atoms with van der Waals surface area (Å²) in [7, 11) is 0. The molecule has 0 bridgehead atoms. The monoisotopic (exact) mass is 359 g/mol. The minimum atomic E-state index is -0.307. The van der Waals surface area contributed by atoms with Gasteiger partial charge in [0.05, 0.1) is 4.87 Å². The first-order valence-corrected chi connectivity index (χ1v) is 10.0. The summed E-state index contributed by atoms with van der Waals surface area (Å²) >= 11 is 1.75. The first kappa shape index (κ1) is 16.9. The van der Waals surface area contributed by atoms with Crippen molar-refractivity contribution in [1.29, 1.82) is 0 Å². The Morgan fingerprint density at radius 2 is 2.08 bits per heavy atom. The largest absolute Gasteiger partial charge is 0.340 e. The molecule has 1 aromatic rings. The van der Waals surface area contributed by atoms with Crippen LogP contribution in [-0.4, -0.2) is 57.9 Å². The zero-order valence-corrected chi connectivity index (χ0v) is 15.4. The van der Waals surface area contributed by atoms with E-state index in [9.17, 15) is 9.59 Å². The molecule has 4 rings (SSSR count). The molecule has 2 N–H and O–H groups in total. The van der Waals surface area contributed by atoms with Crippen molar-refractivity contribution in [1.82, 2.24) is 9.80 Å². The van der Waals surface area contributed by atoms with E-state index < -0.39 is 0 Å². The third-order valence-electron chi connectivity index (χ3n) is 6.01. The van der Waals surface area contributed by atoms with Crippen LogP contribution in [0.2, 0.25) is 0 Å². The first-order valence-electron chi connectivity index (χ1n) is 9.03. The molecular weight excluding hydrogens is 334 g/mol. The van der Waals surface area contributed by atoms with Gasteiger partial charge in [-0.1, -0.05) is 30.3 Å². The zero-order chi connectivity index (χ0) is 17.6. The summed E-state index contributed by atoms with van der Waals surface area (Å²) in [6.07, 6.45) is 1.41. The van der Waals surface area contributed by atoms with Crippen LogP contribution in [0.1, 0.15) is 31.2 Å². The van der Waals surface area contributed by atoms with Crippen molar-refractivity contribution in [3.05, 3.63) is 35.9 Å². The van der Waals surface area contributed by atoms with Crippen LogP contribution in [0.25, 0.3) is 0 Å². The van der Waals surface area contributed by atoms with Gasteiger partial charge in [0.15, 0.2) is 0 Å². The highest BCUT2D eigenvalue weighted by Gasteiger charge is 2.54. The summed E-state index contributed by atoms with van der Waals surface area (Å²) in [4.78, 5) is 29.1. The second-order valence-corrected chi connectivity index (χ2v) is 9.02. The standard InChI is InChI=1S/C19H25N3O2S/c1-19-8-7-17(23)22(19)16(12-25-19)18(24)21-10-14(9-20)15(11-21)13-5-3-2-4-6-13/h2-6,14-16H,7-12,20H2,1H3/t14-,15+,16?,19?/m1/s1. The van der Waals surface area contributed by atoms with Crippen LogP contribution in [0, 0.1) is 5.92 Å². The number of nitrogens with zero attached hydrogens (tertiary/aromatic N) is 2. The van der Waals surface area contributed by atoms with Crippen LogP contribution >= 0.6 is 11.8 Å². The summed E-state index contributed by atoms with van der Waals surface area (Å²) in [5, 5.41) is 0. The van der Waals surface area contributed by atoms with E-state index >= 15 is 0 Å². The number of carbonyl (C=O) groups is 2. The van der Waals surface area contributed by atoms with Crippen molar-refractivity contribution >= 4 is 23.6 Å². The van der Waals surface area contributed by atoms with Gasteiger partial charge in [-0.3, -0.25) is 9.59 Å². The van der Waals surface area contributed by atoms with Gasteiger partial charge in [0.25, 0.3) is 0 Å². The molecule has 134 valence electrons. The number of amides is 2. The molecule has 3 aliphatic rings. The highest BCUT2D eigenvalue weighted by Crippen LogP contribution is 2.48. The molecule has 6 heteroatoms. The predicted molar refractivity (Wildman–Crippen MR) is 99.0 cm³/mol. The maximum Gasteiger partial charge on any atom is 0.246 e. The number of likely N-dealkylation sites (tertiary alicyclic amines) is 1. The van der Waals surface area contributed by atoms with Gasteiger partial charge in [-0.25, -0.2) is 0 Å². The van der Waals surface area contributed by atoms with Gasteiger partial charge in [-0.05, 0) is 31.4 Å². The van der Waals surface area contributed by atoms with Crippen LogP contribution in [-0.2, 0) is 9.59 Å². The van der Waals surface area contributed by atoms with Crippen molar-refractivity contribution in [3.8, 4) is 0 Å². The predicted octanol–water partition coefficient (Wildman–Crippen LogP) is 1.64. The highest BCUT2D eigenvalue weighted by atomic mass is 32.2. The average Bonchev–Trinajstić information content (AvgIpc) is 3.29. The van der Waals surface area contributed by atoms with Gasteiger partial charge in [0.2, 0.25) is 11.8 Å². The molecule has 3 heterocycles. The topological polar surface area (TPSA) is 66.6 Å². The van der Waals surface area contributed by atoms with Crippen molar-refractivity contribution < 1.29 is 9.59 Å². The van der Waals surface area contributed by atoms with Gasteiger partial charge in [0.1, 0.15) is 6.04 Å². The molecule has 2 unspecified atom stereocenters. The third kappa shape index (κ3) is 2.75. The molecule has 1 aromatic carbocycles. The number of thioether (sulfide) groups is 1. The molecule has 0 spiro atoms. The molecular formula is C19H25N3O2S. The number of rotatable bonds is 3. The minimum absolute atomic E-state index is 0.100.